The van der Waals surface area contributed by atoms with Gasteiger partial charge in [0.05, 0.1) is 16.5 Å². The molecule has 3 rings (SSSR count). The van der Waals surface area contributed by atoms with E-state index in [2.05, 4.69) is 36.1 Å². The molecule has 0 atom stereocenters. The van der Waals surface area contributed by atoms with Gasteiger partial charge in [-0.25, -0.2) is 4.98 Å². The molecule has 9 heteroatoms. The van der Waals surface area contributed by atoms with Gasteiger partial charge in [0.15, 0.2) is 5.69 Å². The molecule has 0 saturated heterocycles. The summed E-state index contributed by atoms with van der Waals surface area (Å²) in [6, 6.07) is 1.79. The Hall–Kier alpha value is -2.00. The standard InChI is InChI=1S/C13H12BrN5O2S/c1-6-9(14)10(18-17-6)13(21)19(2)5-8-15-7-3-4-22-11(7)12(20)16-8/h3-4H,5H2,1-2H3,(H,17,18)(H,15,16,20). The number of aromatic amines is 2. The van der Waals surface area contributed by atoms with Crippen molar-refractivity contribution >= 4 is 43.4 Å². The van der Waals surface area contributed by atoms with Gasteiger partial charge in [0.2, 0.25) is 0 Å². The molecule has 1 amide bonds. The van der Waals surface area contributed by atoms with Gasteiger partial charge in [0.25, 0.3) is 11.5 Å². The van der Waals surface area contributed by atoms with E-state index in [0.717, 1.165) is 5.69 Å². The molecule has 0 radical (unpaired) electrons. The molecule has 0 spiro atoms. The van der Waals surface area contributed by atoms with E-state index in [-0.39, 0.29) is 18.0 Å². The number of nitrogens with zero attached hydrogens (tertiary/aromatic N) is 3. The van der Waals surface area contributed by atoms with Gasteiger partial charge < -0.3 is 9.88 Å². The fraction of sp³-hybridized carbons (Fsp3) is 0.231. The first-order valence-electron chi connectivity index (χ1n) is 6.39. The predicted molar refractivity (Wildman–Crippen MR) is 87.1 cm³/mol. The van der Waals surface area contributed by atoms with Gasteiger partial charge in [-0.2, -0.15) is 5.10 Å². The number of thiophene rings is 1. The van der Waals surface area contributed by atoms with Crippen LogP contribution in [0.4, 0.5) is 0 Å². The number of hydrogen-bond donors (Lipinski definition) is 2. The molecular weight excluding hydrogens is 370 g/mol. The summed E-state index contributed by atoms with van der Waals surface area (Å²) in [5.41, 5.74) is 1.54. The molecule has 0 aliphatic rings. The number of halogens is 1. The Bertz CT molecular complexity index is 913. The van der Waals surface area contributed by atoms with Crippen LogP contribution in [0.1, 0.15) is 22.0 Å². The molecule has 0 unspecified atom stereocenters. The molecule has 0 aromatic carbocycles. The highest BCUT2D eigenvalue weighted by molar-refractivity contribution is 9.10. The lowest BCUT2D eigenvalue weighted by molar-refractivity contribution is 0.0775. The second-order valence-electron chi connectivity index (χ2n) is 4.82. The average molecular weight is 382 g/mol. The van der Waals surface area contributed by atoms with Crippen molar-refractivity contribution in [3.8, 4) is 0 Å². The average Bonchev–Trinajstić information content (AvgIpc) is 3.06. The van der Waals surface area contributed by atoms with Crippen LogP contribution in [0.15, 0.2) is 20.7 Å². The van der Waals surface area contributed by atoms with Crippen molar-refractivity contribution in [3.63, 3.8) is 0 Å². The SMILES string of the molecule is Cc1[nH]nc(C(=O)N(C)Cc2nc3ccsc3c(=O)[nH]2)c1Br. The van der Waals surface area contributed by atoms with E-state index in [4.69, 9.17) is 0 Å². The Morgan fingerprint density at radius 3 is 2.95 bits per heavy atom. The highest BCUT2D eigenvalue weighted by Gasteiger charge is 2.20. The van der Waals surface area contributed by atoms with Crippen molar-refractivity contribution < 1.29 is 4.79 Å². The van der Waals surface area contributed by atoms with Crippen LogP contribution in [-0.4, -0.2) is 38.0 Å². The van der Waals surface area contributed by atoms with Crippen molar-refractivity contribution in [1.29, 1.82) is 0 Å². The van der Waals surface area contributed by atoms with Crippen molar-refractivity contribution in [2.24, 2.45) is 0 Å². The van der Waals surface area contributed by atoms with E-state index < -0.39 is 0 Å². The number of carbonyl (C=O) groups is 1. The Labute approximate surface area is 137 Å². The number of nitrogens with one attached hydrogen (secondary N) is 2. The summed E-state index contributed by atoms with van der Waals surface area (Å²) in [6.45, 7) is 2.01. The summed E-state index contributed by atoms with van der Waals surface area (Å²) in [4.78, 5) is 32.8. The monoisotopic (exact) mass is 381 g/mol. The second-order valence-corrected chi connectivity index (χ2v) is 6.53. The number of amides is 1. The minimum absolute atomic E-state index is 0.187. The van der Waals surface area contributed by atoms with Gasteiger partial charge in [0, 0.05) is 12.7 Å². The van der Waals surface area contributed by atoms with Crippen LogP contribution in [0, 0.1) is 6.92 Å². The Morgan fingerprint density at radius 1 is 1.50 bits per heavy atom. The number of rotatable bonds is 3. The summed E-state index contributed by atoms with van der Waals surface area (Å²) in [5, 5.41) is 8.55. The fourth-order valence-electron chi connectivity index (χ4n) is 2.03. The van der Waals surface area contributed by atoms with Crippen LogP contribution in [0.5, 0.6) is 0 Å². The van der Waals surface area contributed by atoms with E-state index in [1.54, 1.807) is 13.1 Å². The molecule has 0 aliphatic heterocycles. The molecule has 3 heterocycles. The maximum absolute atomic E-state index is 12.4. The summed E-state index contributed by atoms with van der Waals surface area (Å²) < 4.78 is 1.22. The quantitative estimate of drug-likeness (QED) is 0.725. The number of hydrogen-bond acceptors (Lipinski definition) is 5. The molecule has 0 bridgehead atoms. The zero-order chi connectivity index (χ0) is 15.9. The topological polar surface area (TPSA) is 94.7 Å². The highest BCUT2D eigenvalue weighted by Crippen LogP contribution is 2.20. The van der Waals surface area contributed by atoms with Gasteiger partial charge in [0.1, 0.15) is 10.5 Å². The van der Waals surface area contributed by atoms with E-state index in [1.807, 2.05) is 12.3 Å². The van der Waals surface area contributed by atoms with Crippen LogP contribution < -0.4 is 5.56 Å². The maximum atomic E-state index is 12.4. The molecule has 0 fully saturated rings. The zero-order valence-corrected chi connectivity index (χ0v) is 14.2. The van der Waals surface area contributed by atoms with Crippen LogP contribution in [0.2, 0.25) is 0 Å². The normalized spacial score (nSPS) is 11.0. The smallest absolute Gasteiger partial charge is 0.275 e. The maximum Gasteiger partial charge on any atom is 0.275 e. The number of aryl methyl sites for hydroxylation is 1. The number of carbonyl (C=O) groups excluding carboxylic acids is 1. The zero-order valence-electron chi connectivity index (χ0n) is 11.8. The van der Waals surface area contributed by atoms with E-state index in [9.17, 15) is 9.59 Å². The van der Waals surface area contributed by atoms with E-state index in [0.29, 0.717) is 26.2 Å². The van der Waals surface area contributed by atoms with Gasteiger partial charge in [-0.15, -0.1) is 11.3 Å². The number of aromatic nitrogens is 4. The largest absolute Gasteiger partial charge is 0.333 e. The predicted octanol–water partition coefficient (Wildman–Crippen LogP) is 2.05. The summed E-state index contributed by atoms with van der Waals surface area (Å²) in [6.07, 6.45) is 0. The molecule has 22 heavy (non-hydrogen) atoms. The third-order valence-corrected chi connectivity index (χ3v) is 5.05. The number of H-pyrrole nitrogens is 2. The summed E-state index contributed by atoms with van der Waals surface area (Å²) >= 11 is 4.67. The molecule has 7 nitrogen and oxygen atoms in total. The van der Waals surface area contributed by atoms with Crippen molar-refractivity contribution in [2.75, 3.05) is 7.05 Å². The highest BCUT2D eigenvalue weighted by atomic mass is 79.9. The Morgan fingerprint density at radius 2 is 2.27 bits per heavy atom. The molecule has 3 aromatic rings. The van der Waals surface area contributed by atoms with Crippen molar-refractivity contribution in [3.05, 3.63) is 43.5 Å². The first-order valence-corrected chi connectivity index (χ1v) is 8.07. The second kappa shape index (κ2) is 5.65. The van der Waals surface area contributed by atoms with Gasteiger partial charge in [-0.05, 0) is 34.3 Å². The molecule has 0 saturated carbocycles. The van der Waals surface area contributed by atoms with Crippen molar-refractivity contribution in [1.82, 2.24) is 25.1 Å². The van der Waals surface area contributed by atoms with Gasteiger partial charge in [-0.3, -0.25) is 14.7 Å². The Balaban J connectivity index is 1.86. The first-order chi connectivity index (χ1) is 10.5. The molecule has 114 valence electrons. The third-order valence-electron chi connectivity index (χ3n) is 3.17. The molecule has 2 N–H and O–H groups in total. The molecule has 0 aliphatic carbocycles. The van der Waals surface area contributed by atoms with Crippen LogP contribution >= 0.6 is 27.3 Å². The summed E-state index contributed by atoms with van der Waals surface area (Å²) in [7, 11) is 1.64. The van der Waals surface area contributed by atoms with Crippen LogP contribution in [-0.2, 0) is 6.54 Å². The van der Waals surface area contributed by atoms with Crippen LogP contribution in [0.25, 0.3) is 10.2 Å². The van der Waals surface area contributed by atoms with E-state index in [1.165, 1.54) is 16.2 Å². The van der Waals surface area contributed by atoms with Gasteiger partial charge in [-0.1, -0.05) is 0 Å². The fourth-order valence-corrected chi connectivity index (χ4v) is 3.10. The summed E-state index contributed by atoms with van der Waals surface area (Å²) in [5.74, 6) is 0.180. The third kappa shape index (κ3) is 2.57. The minimum Gasteiger partial charge on any atom is -0.333 e. The van der Waals surface area contributed by atoms with Gasteiger partial charge >= 0.3 is 0 Å². The molecule has 3 aromatic heterocycles. The lowest BCUT2D eigenvalue weighted by Gasteiger charge is -2.15. The lowest BCUT2D eigenvalue weighted by atomic mass is 10.3. The number of fused-ring (bicyclic) bond motifs is 1. The Kier molecular flexibility index (Phi) is 3.83. The minimum atomic E-state index is -0.260. The van der Waals surface area contributed by atoms with Crippen molar-refractivity contribution in [2.45, 2.75) is 13.5 Å². The van der Waals surface area contributed by atoms with Crippen LogP contribution in [0.3, 0.4) is 0 Å². The van der Waals surface area contributed by atoms with E-state index >= 15 is 0 Å². The lowest BCUT2D eigenvalue weighted by Crippen LogP contribution is -2.28. The molecular formula is C13H12BrN5O2S. The first kappa shape index (κ1) is 14.9.